The number of H-pyrrole nitrogens is 1. The van der Waals surface area contributed by atoms with Gasteiger partial charge in [-0.1, -0.05) is 65.7 Å². The van der Waals surface area contributed by atoms with Crippen molar-refractivity contribution in [2.45, 2.75) is 18.7 Å². The highest BCUT2D eigenvalue weighted by atomic mass is 32.2. The highest BCUT2D eigenvalue weighted by Gasteiger charge is 2.29. The molecule has 0 bridgehead atoms. The third-order valence-corrected chi connectivity index (χ3v) is 7.10. The van der Waals surface area contributed by atoms with Gasteiger partial charge >= 0.3 is 0 Å². The van der Waals surface area contributed by atoms with E-state index in [9.17, 15) is 13.2 Å². The predicted octanol–water partition coefficient (Wildman–Crippen LogP) is 5.37. The number of nitrogens with one attached hydrogen (secondary N) is 2. The first-order valence-electron chi connectivity index (χ1n) is 9.88. The second-order valence-electron chi connectivity index (χ2n) is 7.42. The van der Waals surface area contributed by atoms with E-state index in [1.165, 1.54) is 12.1 Å². The lowest BCUT2D eigenvalue weighted by Crippen LogP contribution is -2.20. The van der Waals surface area contributed by atoms with Crippen LogP contribution in [0.25, 0.3) is 0 Å². The highest BCUT2D eigenvalue weighted by molar-refractivity contribution is 7.90. The lowest BCUT2D eigenvalue weighted by Gasteiger charge is -2.12. The van der Waals surface area contributed by atoms with Crippen LogP contribution in [0.4, 0.5) is 11.5 Å². The summed E-state index contributed by atoms with van der Waals surface area (Å²) in [5, 5.41) is 3.12. The molecule has 0 aliphatic carbocycles. The summed E-state index contributed by atoms with van der Waals surface area (Å²) in [6, 6.07) is 22.4. The zero-order valence-electron chi connectivity index (χ0n) is 17.5. The number of ketones is 1. The second kappa shape index (κ2) is 8.57. The normalized spacial score (nSPS) is 11.3. The maximum Gasteiger partial charge on any atom is 0.270 e. The molecule has 0 saturated heterocycles. The molecule has 0 atom stereocenters. The van der Waals surface area contributed by atoms with Gasteiger partial charge in [-0.2, -0.15) is 0 Å². The molecule has 0 spiro atoms. The maximum atomic E-state index is 13.5. The molecular formula is C24H21N3O3S2. The van der Waals surface area contributed by atoms with Crippen molar-refractivity contribution < 1.29 is 13.2 Å². The van der Waals surface area contributed by atoms with Crippen LogP contribution < -0.4 is 5.32 Å². The van der Waals surface area contributed by atoms with Crippen LogP contribution in [0.2, 0.25) is 0 Å². The number of carbonyl (C=O) groups is 1. The lowest BCUT2D eigenvalue weighted by molar-refractivity contribution is 0.103. The fourth-order valence-corrected chi connectivity index (χ4v) is 5.13. The molecule has 2 N–H and O–H groups in total. The number of carbonyl (C=O) groups excluding carboxylic acids is 1. The lowest BCUT2D eigenvalue weighted by atomic mass is 10.1. The van der Waals surface area contributed by atoms with Gasteiger partial charge in [0.05, 0.1) is 4.90 Å². The Bertz CT molecular complexity index is 1440. The summed E-state index contributed by atoms with van der Waals surface area (Å²) < 4.78 is 27.9. The maximum absolute atomic E-state index is 13.5. The van der Waals surface area contributed by atoms with Crippen LogP contribution in [0.3, 0.4) is 0 Å². The summed E-state index contributed by atoms with van der Waals surface area (Å²) in [6.45, 7) is 3.83. The number of nitrogens with zero attached hydrogens (tertiary/aromatic N) is 1. The molecule has 32 heavy (non-hydrogen) atoms. The van der Waals surface area contributed by atoms with Crippen LogP contribution >= 0.6 is 12.2 Å². The first-order chi connectivity index (χ1) is 15.3. The summed E-state index contributed by atoms with van der Waals surface area (Å²) >= 11 is 5.38. The molecule has 4 rings (SSSR count). The summed E-state index contributed by atoms with van der Waals surface area (Å²) in [5.74, 6) is -0.258. The number of hydrogen-bond donors (Lipinski definition) is 2. The second-order valence-corrected chi connectivity index (χ2v) is 9.60. The van der Waals surface area contributed by atoms with Crippen molar-refractivity contribution in [3.05, 3.63) is 106 Å². The minimum absolute atomic E-state index is 0.0437. The van der Waals surface area contributed by atoms with E-state index in [1.807, 2.05) is 38.1 Å². The van der Waals surface area contributed by atoms with Gasteiger partial charge in [0, 0.05) is 11.3 Å². The molecule has 0 radical (unpaired) electrons. The SMILES string of the molecule is Cc1ccc(Nc2[nH]c(=S)n(S(=O)(=O)c3ccc(C)cc3)c2C(=O)c2ccccc2)cc1. The fourth-order valence-electron chi connectivity index (χ4n) is 3.27. The van der Waals surface area contributed by atoms with Crippen molar-refractivity contribution in [2.24, 2.45) is 0 Å². The number of hydrogen-bond acceptors (Lipinski definition) is 5. The van der Waals surface area contributed by atoms with Gasteiger partial charge in [-0.25, -0.2) is 12.4 Å². The Labute approximate surface area is 191 Å². The smallest absolute Gasteiger partial charge is 0.270 e. The summed E-state index contributed by atoms with van der Waals surface area (Å²) in [7, 11) is -4.13. The van der Waals surface area contributed by atoms with Crippen molar-refractivity contribution >= 4 is 39.5 Å². The monoisotopic (exact) mass is 463 g/mol. The van der Waals surface area contributed by atoms with Crippen molar-refractivity contribution in [1.82, 2.24) is 8.96 Å². The first-order valence-corrected chi connectivity index (χ1v) is 11.7. The van der Waals surface area contributed by atoms with E-state index in [1.54, 1.807) is 42.5 Å². The molecular weight excluding hydrogens is 442 g/mol. The number of benzene rings is 3. The molecule has 8 heteroatoms. The third-order valence-electron chi connectivity index (χ3n) is 4.99. The minimum Gasteiger partial charge on any atom is -0.340 e. The molecule has 1 heterocycles. The fraction of sp³-hybridized carbons (Fsp3) is 0.0833. The van der Waals surface area contributed by atoms with Gasteiger partial charge in [0.2, 0.25) is 5.78 Å². The minimum atomic E-state index is -4.13. The number of aromatic nitrogens is 2. The van der Waals surface area contributed by atoms with Gasteiger partial charge in [-0.15, -0.1) is 0 Å². The molecule has 0 unspecified atom stereocenters. The Morgan fingerprint density at radius 3 is 2.03 bits per heavy atom. The van der Waals surface area contributed by atoms with Gasteiger partial charge in [0.1, 0.15) is 11.5 Å². The third kappa shape index (κ3) is 4.15. The van der Waals surface area contributed by atoms with Crippen molar-refractivity contribution in [2.75, 3.05) is 5.32 Å². The molecule has 4 aromatic rings. The van der Waals surface area contributed by atoms with Crippen LogP contribution in [0.5, 0.6) is 0 Å². The largest absolute Gasteiger partial charge is 0.340 e. The standard InChI is InChI=1S/C24H21N3O3S2/c1-16-8-12-19(13-9-16)25-23-21(22(28)18-6-4-3-5-7-18)27(24(31)26-23)32(29,30)20-14-10-17(2)11-15-20/h3-15,25H,1-2H3,(H,26,31). The zero-order valence-corrected chi connectivity index (χ0v) is 19.1. The number of anilines is 2. The molecule has 3 aromatic carbocycles. The van der Waals surface area contributed by atoms with E-state index in [-0.39, 0.29) is 21.2 Å². The predicted molar refractivity (Wildman–Crippen MR) is 128 cm³/mol. The number of rotatable bonds is 6. The number of imidazole rings is 1. The summed E-state index contributed by atoms with van der Waals surface area (Å²) in [5.41, 5.74) is 2.95. The average molecular weight is 464 g/mol. The Morgan fingerprint density at radius 1 is 0.875 bits per heavy atom. The summed E-state index contributed by atoms with van der Waals surface area (Å²) in [4.78, 5) is 16.4. The van der Waals surface area contributed by atoms with Crippen molar-refractivity contribution in [1.29, 1.82) is 0 Å². The zero-order chi connectivity index (χ0) is 22.9. The first kappa shape index (κ1) is 21.7. The Kier molecular flexibility index (Phi) is 5.82. The molecule has 0 saturated carbocycles. The van der Waals surface area contributed by atoms with Crippen LogP contribution in [0.15, 0.2) is 83.8 Å². The topological polar surface area (TPSA) is 84.0 Å². The van der Waals surface area contributed by atoms with E-state index < -0.39 is 15.8 Å². The Morgan fingerprint density at radius 2 is 1.44 bits per heavy atom. The Balaban J connectivity index is 1.92. The number of aryl methyl sites for hydroxylation is 2. The van der Waals surface area contributed by atoms with Crippen LogP contribution in [0.1, 0.15) is 27.2 Å². The molecule has 1 aromatic heterocycles. The van der Waals surface area contributed by atoms with Crippen LogP contribution in [0, 0.1) is 18.6 Å². The number of aromatic amines is 1. The van der Waals surface area contributed by atoms with Gasteiger partial charge in [-0.05, 0) is 50.3 Å². The Hall–Kier alpha value is -3.49. The van der Waals surface area contributed by atoms with E-state index in [2.05, 4.69) is 10.3 Å². The van der Waals surface area contributed by atoms with E-state index in [0.717, 1.165) is 15.1 Å². The van der Waals surface area contributed by atoms with Gasteiger partial charge in [0.25, 0.3) is 10.0 Å². The quantitative estimate of drug-likeness (QED) is 0.296. The van der Waals surface area contributed by atoms with E-state index in [4.69, 9.17) is 12.2 Å². The van der Waals surface area contributed by atoms with Crippen LogP contribution in [-0.2, 0) is 10.0 Å². The van der Waals surface area contributed by atoms with Gasteiger partial charge < -0.3 is 10.3 Å². The average Bonchev–Trinajstić information content (AvgIpc) is 3.12. The van der Waals surface area contributed by atoms with E-state index >= 15 is 0 Å². The molecule has 0 aliphatic heterocycles. The van der Waals surface area contributed by atoms with Gasteiger partial charge in [0.15, 0.2) is 4.77 Å². The summed E-state index contributed by atoms with van der Waals surface area (Å²) in [6.07, 6.45) is 0. The van der Waals surface area contributed by atoms with Crippen molar-refractivity contribution in [3.63, 3.8) is 0 Å². The molecule has 162 valence electrons. The molecule has 0 amide bonds. The molecule has 0 aliphatic rings. The molecule has 6 nitrogen and oxygen atoms in total. The molecule has 0 fully saturated rings. The van der Waals surface area contributed by atoms with Crippen LogP contribution in [-0.4, -0.2) is 23.2 Å². The van der Waals surface area contributed by atoms with Gasteiger partial charge in [-0.3, -0.25) is 4.79 Å². The van der Waals surface area contributed by atoms with E-state index in [0.29, 0.717) is 11.3 Å². The van der Waals surface area contributed by atoms with Crippen molar-refractivity contribution in [3.8, 4) is 0 Å². The highest BCUT2D eigenvalue weighted by Crippen LogP contribution is 2.27.